The van der Waals surface area contributed by atoms with Crippen LogP contribution in [0.25, 0.3) is 0 Å². The fourth-order valence-electron chi connectivity index (χ4n) is 2.44. The maximum atomic E-state index is 12.1. The number of rotatable bonds is 7. The average molecular weight is 288 g/mol. The second-order valence-electron chi connectivity index (χ2n) is 5.13. The van der Waals surface area contributed by atoms with Gasteiger partial charge in [-0.3, -0.25) is 4.79 Å². The highest BCUT2D eigenvalue weighted by Crippen LogP contribution is 2.28. The molecule has 0 aromatic carbocycles. The Morgan fingerprint density at radius 2 is 2.00 bits per heavy atom. The Morgan fingerprint density at radius 3 is 2.47 bits per heavy atom. The normalized spacial score (nSPS) is 24.7. The number of aliphatic carboxylic acids is 1. The highest BCUT2D eigenvalue weighted by Gasteiger charge is 2.28. The molecule has 0 radical (unpaired) electrons. The van der Waals surface area contributed by atoms with Crippen LogP contribution in [-0.2, 0) is 9.59 Å². The van der Waals surface area contributed by atoms with Crippen LogP contribution in [0, 0.1) is 11.8 Å². The van der Waals surface area contributed by atoms with E-state index in [0.29, 0.717) is 18.9 Å². The van der Waals surface area contributed by atoms with Crippen molar-refractivity contribution in [1.82, 2.24) is 5.32 Å². The smallest absolute Gasteiger partial charge is 0.326 e. The number of nitrogens with two attached hydrogens (primary N) is 1. The quantitative estimate of drug-likeness (QED) is 0.652. The molecule has 1 atom stereocenters. The predicted octanol–water partition coefficient (Wildman–Crippen LogP) is 1.07. The summed E-state index contributed by atoms with van der Waals surface area (Å²) < 4.78 is 0. The first kappa shape index (κ1) is 16.3. The number of amides is 1. The molecule has 0 heterocycles. The Hall–Kier alpha value is -0.750. The van der Waals surface area contributed by atoms with Gasteiger partial charge in [0, 0.05) is 5.92 Å². The van der Waals surface area contributed by atoms with Gasteiger partial charge in [0.15, 0.2) is 0 Å². The van der Waals surface area contributed by atoms with Gasteiger partial charge in [-0.25, -0.2) is 4.79 Å². The van der Waals surface area contributed by atoms with Crippen molar-refractivity contribution in [3.63, 3.8) is 0 Å². The van der Waals surface area contributed by atoms with Gasteiger partial charge in [0.05, 0.1) is 0 Å². The Kier molecular flexibility index (Phi) is 7.23. The molecule has 1 aliphatic carbocycles. The molecule has 5 nitrogen and oxygen atoms in total. The molecule has 0 spiro atoms. The van der Waals surface area contributed by atoms with Crippen molar-refractivity contribution in [3.05, 3.63) is 0 Å². The largest absolute Gasteiger partial charge is 0.480 e. The minimum absolute atomic E-state index is 0.0427. The Bertz CT molecular complexity index is 304. The maximum absolute atomic E-state index is 12.1. The molecule has 6 heteroatoms. The predicted molar refractivity (Wildman–Crippen MR) is 77.1 cm³/mol. The Balaban J connectivity index is 2.42. The maximum Gasteiger partial charge on any atom is 0.326 e. The van der Waals surface area contributed by atoms with E-state index >= 15 is 0 Å². The van der Waals surface area contributed by atoms with Crippen LogP contribution in [0.1, 0.15) is 32.1 Å². The topological polar surface area (TPSA) is 92.4 Å². The van der Waals surface area contributed by atoms with Crippen molar-refractivity contribution in [2.24, 2.45) is 17.6 Å². The third-order valence-corrected chi connectivity index (χ3v) is 4.42. The Morgan fingerprint density at radius 1 is 1.37 bits per heavy atom. The summed E-state index contributed by atoms with van der Waals surface area (Å²) in [4.78, 5) is 23.1. The first-order chi connectivity index (χ1) is 9.08. The summed E-state index contributed by atoms with van der Waals surface area (Å²) in [6.07, 6.45) is 5.98. The number of carboxylic acid groups (broad SMARTS) is 1. The van der Waals surface area contributed by atoms with E-state index in [4.69, 9.17) is 10.8 Å². The van der Waals surface area contributed by atoms with Gasteiger partial charge in [-0.1, -0.05) is 0 Å². The molecule has 0 aromatic rings. The molecule has 1 fully saturated rings. The van der Waals surface area contributed by atoms with Crippen molar-refractivity contribution >= 4 is 23.6 Å². The van der Waals surface area contributed by atoms with Gasteiger partial charge >= 0.3 is 5.97 Å². The third kappa shape index (κ3) is 5.40. The first-order valence-electron chi connectivity index (χ1n) is 6.80. The van der Waals surface area contributed by atoms with Crippen molar-refractivity contribution in [2.75, 3.05) is 18.6 Å². The second kappa shape index (κ2) is 8.43. The molecule has 1 aliphatic rings. The molecular formula is C13H24N2O3S. The van der Waals surface area contributed by atoms with E-state index in [1.807, 2.05) is 6.26 Å². The molecule has 19 heavy (non-hydrogen) atoms. The number of hydrogen-bond donors (Lipinski definition) is 3. The van der Waals surface area contributed by atoms with E-state index in [0.717, 1.165) is 31.4 Å². The number of nitrogens with one attached hydrogen (secondary N) is 1. The molecule has 1 rings (SSSR count). The molecule has 1 amide bonds. The lowest BCUT2D eigenvalue weighted by Crippen LogP contribution is -2.44. The van der Waals surface area contributed by atoms with Crippen molar-refractivity contribution in [2.45, 2.75) is 38.1 Å². The number of carbonyl (C=O) groups is 2. The molecule has 0 unspecified atom stereocenters. The zero-order valence-electron chi connectivity index (χ0n) is 11.4. The summed E-state index contributed by atoms with van der Waals surface area (Å²) in [5, 5.41) is 11.8. The molecule has 0 bridgehead atoms. The van der Waals surface area contributed by atoms with Crippen LogP contribution >= 0.6 is 11.8 Å². The number of carboxylic acids is 1. The van der Waals surface area contributed by atoms with Gasteiger partial charge < -0.3 is 16.2 Å². The summed E-state index contributed by atoms with van der Waals surface area (Å²) in [5.41, 5.74) is 5.62. The van der Waals surface area contributed by atoms with E-state index in [1.54, 1.807) is 11.8 Å². The number of thioether (sulfide) groups is 1. The van der Waals surface area contributed by atoms with Gasteiger partial charge in [-0.15, -0.1) is 0 Å². The molecule has 4 N–H and O–H groups in total. The van der Waals surface area contributed by atoms with Crippen LogP contribution < -0.4 is 11.1 Å². The summed E-state index contributed by atoms with van der Waals surface area (Å²) in [6.45, 7) is 0.680. The van der Waals surface area contributed by atoms with E-state index < -0.39 is 12.0 Å². The van der Waals surface area contributed by atoms with Gasteiger partial charge in [-0.05, 0) is 56.6 Å². The van der Waals surface area contributed by atoms with Gasteiger partial charge in [0.1, 0.15) is 6.04 Å². The molecule has 1 saturated carbocycles. The fourth-order valence-corrected chi connectivity index (χ4v) is 2.91. The average Bonchev–Trinajstić information content (AvgIpc) is 2.43. The van der Waals surface area contributed by atoms with Crippen molar-refractivity contribution < 1.29 is 14.7 Å². The van der Waals surface area contributed by atoms with Crippen LogP contribution in [0.3, 0.4) is 0 Å². The van der Waals surface area contributed by atoms with Crippen LogP contribution in [-0.4, -0.2) is 41.6 Å². The standard InChI is InChI=1S/C13H24N2O3S/c1-19-7-6-11(13(17)18)15-12(16)10-4-2-9(8-14)3-5-10/h9-11H,2-8,14H2,1H3,(H,15,16)(H,17,18)/t9?,10?,11-/m1/s1. The number of hydrogen-bond acceptors (Lipinski definition) is 4. The van der Waals surface area contributed by atoms with Crippen LogP contribution in [0.4, 0.5) is 0 Å². The minimum Gasteiger partial charge on any atom is -0.480 e. The lowest BCUT2D eigenvalue weighted by atomic mass is 9.81. The molecule has 110 valence electrons. The fraction of sp³-hybridized carbons (Fsp3) is 0.846. The highest BCUT2D eigenvalue weighted by atomic mass is 32.2. The van der Waals surface area contributed by atoms with Gasteiger partial charge in [0.2, 0.25) is 5.91 Å². The Labute approximate surface area is 118 Å². The molecule has 0 aliphatic heterocycles. The highest BCUT2D eigenvalue weighted by molar-refractivity contribution is 7.98. The third-order valence-electron chi connectivity index (χ3n) is 3.78. The van der Waals surface area contributed by atoms with Crippen LogP contribution in [0.15, 0.2) is 0 Å². The van der Waals surface area contributed by atoms with Crippen LogP contribution in [0.2, 0.25) is 0 Å². The molecule has 0 saturated heterocycles. The molecular weight excluding hydrogens is 264 g/mol. The minimum atomic E-state index is -0.946. The zero-order valence-corrected chi connectivity index (χ0v) is 12.2. The second-order valence-corrected chi connectivity index (χ2v) is 6.12. The van der Waals surface area contributed by atoms with Crippen LogP contribution in [0.5, 0.6) is 0 Å². The number of carbonyl (C=O) groups excluding carboxylic acids is 1. The summed E-state index contributed by atoms with van der Waals surface area (Å²) >= 11 is 1.58. The van der Waals surface area contributed by atoms with E-state index in [2.05, 4.69) is 5.32 Å². The summed E-state index contributed by atoms with van der Waals surface area (Å²) in [6, 6.07) is -0.757. The zero-order chi connectivity index (χ0) is 14.3. The lowest BCUT2D eigenvalue weighted by Gasteiger charge is -2.27. The summed E-state index contributed by atoms with van der Waals surface area (Å²) in [5.74, 6) is 0.161. The SMILES string of the molecule is CSCC[C@@H](NC(=O)C1CCC(CN)CC1)C(=O)O. The lowest BCUT2D eigenvalue weighted by molar-refractivity contribution is -0.142. The van der Waals surface area contributed by atoms with Crippen molar-refractivity contribution in [3.8, 4) is 0 Å². The summed E-state index contributed by atoms with van der Waals surface area (Å²) in [7, 11) is 0. The van der Waals surface area contributed by atoms with E-state index in [1.165, 1.54) is 0 Å². The van der Waals surface area contributed by atoms with Crippen molar-refractivity contribution in [1.29, 1.82) is 0 Å². The molecule has 0 aromatic heterocycles. The first-order valence-corrected chi connectivity index (χ1v) is 8.20. The van der Waals surface area contributed by atoms with Gasteiger partial charge in [0.25, 0.3) is 0 Å². The van der Waals surface area contributed by atoms with Gasteiger partial charge in [-0.2, -0.15) is 11.8 Å². The van der Waals surface area contributed by atoms with E-state index in [9.17, 15) is 9.59 Å². The monoisotopic (exact) mass is 288 g/mol. The van der Waals surface area contributed by atoms with E-state index in [-0.39, 0.29) is 11.8 Å².